The van der Waals surface area contributed by atoms with Gasteiger partial charge in [0.25, 0.3) is 0 Å². The molecule has 0 spiro atoms. The molecule has 0 saturated carbocycles. The van der Waals surface area contributed by atoms with Crippen molar-refractivity contribution in [2.75, 3.05) is 0 Å². The zero-order valence-electron chi connectivity index (χ0n) is 9.94. The standard InChI is InChI=1S/C12H15ClN2O3/c1-2-10(11(16)17)15-12(18)14-7-8-4-3-5-9(13)6-8/h3-6,10H,2,7H2,1H3,(H,16,17)(H2,14,15,18)/t10-/m0/s1. The van der Waals surface area contributed by atoms with Crippen LogP contribution in [-0.2, 0) is 11.3 Å². The van der Waals surface area contributed by atoms with Crippen LogP contribution in [0.25, 0.3) is 0 Å². The van der Waals surface area contributed by atoms with Gasteiger partial charge in [0.05, 0.1) is 0 Å². The minimum Gasteiger partial charge on any atom is -0.480 e. The van der Waals surface area contributed by atoms with Gasteiger partial charge in [0.2, 0.25) is 0 Å². The average molecular weight is 271 g/mol. The van der Waals surface area contributed by atoms with Gasteiger partial charge in [-0.05, 0) is 24.1 Å². The van der Waals surface area contributed by atoms with E-state index in [1.165, 1.54) is 0 Å². The second kappa shape index (κ2) is 6.86. The lowest BCUT2D eigenvalue weighted by Crippen LogP contribution is -2.45. The fraction of sp³-hybridized carbons (Fsp3) is 0.333. The summed E-state index contributed by atoms with van der Waals surface area (Å²) in [6.07, 6.45) is 0.333. The Morgan fingerprint density at radius 3 is 2.72 bits per heavy atom. The van der Waals surface area contributed by atoms with Crippen molar-refractivity contribution in [2.24, 2.45) is 0 Å². The number of carboxylic acid groups (broad SMARTS) is 1. The highest BCUT2D eigenvalue weighted by Crippen LogP contribution is 2.10. The highest BCUT2D eigenvalue weighted by molar-refractivity contribution is 6.30. The second-order valence-electron chi connectivity index (χ2n) is 3.76. The molecule has 1 aromatic carbocycles. The summed E-state index contributed by atoms with van der Waals surface area (Å²) in [7, 11) is 0. The Bertz CT molecular complexity index is 437. The first-order chi connectivity index (χ1) is 8.52. The van der Waals surface area contributed by atoms with Crippen LogP contribution in [0.15, 0.2) is 24.3 Å². The van der Waals surface area contributed by atoms with E-state index >= 15 is 0 Å². The van der Waals surface area contributed by atoms with E-state index in [-0.39, 0.29) is 0 Å². The fourth-order valence-corrected chi connectivity index (χ4v) is 1.59. The summed E-state index contributed by atoms with van der Waals surface area (Å²) in [5.41, 5.74) is 0.848. The van der Waals surface area contributed by atoms with Gasteiger partial charge in [0, 0.05) is 11.6 Å². The third-order valence-electron chi connectivity index (χ3n) is 2.35. The Kier molecular flexibility index (Phi) is 5.45. The predicted molar refractivity (Wildman–Crippen MR) is 68.5 cm³/mol. The van der Waals surface area contributed by atoms with E-state index in [1.807, 2.05) is 6.07 Å². The molecule has 0 unspecified atom stereocenters. The molecule has 0 fully saturated rings. The summed E-state index contributed by atoms with van der Waals surface area (Å²) in [5, 5.41) is 14.3. The van der Waals surface area contributed by atoms with Crippen molar-refractivity contribution in [3.8, 4) is 0 Å². The van der Waals surface area contributed by atoms with Gasteiger partial charge >= 0.3 is 12.0 Å². The van der Waals surface area contributed by atoms with E-state index in [1.54, 1.807) is 25.1 Å². The first kappa shape index (κ1) is 14.3. The number of hydrogen-bond acceptors (Lipinski definition) is 2. The SMILES string of the molecule is CC[C@H](NC(=O)NCc1cccc(Cl)c1)C(=O)O. The Hall–Kier alpha value is -1.75. The Labute approximate surface area is 110 Å². The van der Waals surface area contributed by atoms with Crippen LogP contribution in [0.5, 0.6) is 0 Å². The summed E-state index contributed by atoms with van der Waals surface area (Å²) in [6.45, 7) is 1.98. The van der Waals surface area contributed by atoms with E-state index in [0.717, 1.165) is 5.56 Å². The van der Waals surface area contributed by atoms with Crippen LogP contribution < -0.4 is 10.6 Å². The lowest BCUT2D eigenvalue weighted by molar-refractivity contribution is -0.139. The van der Waals surface area contributed by atoms with Gasteiger partial charge in [-0.25, -0.2) is 9.59 Å². The number of aliphatic carboxylic acids is 1. The largest absolute Gasteiger partial charge is 0.480 e. The molecule has 2 amide bonds. The van der Waals surface area contributed by atoms with Gasteiger partial charge in [-0.15, -0.1) is 0 Å². The Balaban J connectivity index is 2.44. The van der Waals surface area contributed by atoms with Gasteiger partial charge in [-0.1, -0.05) is 30.7 Å². The van der Waals surface area contributed by atoms with Crippen LogP contribution >= 0.6 is 11.6 Å². The molecule has 0 aliphatic carbocycles. The van der Waals surface area contributed by atoms with Crippen molar-refractivity contribution in [3.05, 3.63) is 34.9 Å². The van der Waals surface area contributed by atoms with E-state index in [4.69, 9.17) is 16.7 Å². The molecule has 0 heterocycles. The zero-order chi connectivity index (χ0) is 13.5. The molecule has 0 radical (unpaired) electrons. The molecule has 0 aliphatic heterocycles. The second-order valence-corrected chi connectivity index (χ2v) is 4.19. The molecule has 0 bridgehead atoms. The third-order valence-corrected chi connectivity index (χ3v) is 2.59. The van der Waals surface area contributed by atoms with Crippen LogP contribution in [-0.4, -0.2) is 23.1 Å². The molecular formula is C12H15ClN2O3. The normalized spacial score (nSPS) is 11.7. The van der Waals surface area contributed by atoms with Gasteiger partial charge in [0.1, 0.15) is 6.04 Å². The number of halogens is 1. The summed E-state index contributed by atoms with van der Waals surface area (Å²) >= 11 is 5.80. The van der Waals surface area contributed by atoms with Gasteiger partial charge in [-0.2, -0.15) is 0 Å². The van der Waals surface area contributed by atoms with Crippen molar-refractivity contribution in [3.63, 3.8) is 0 Å². The van der Waals surface area contributed by atoms with Gasteiger partial charge < -0.3 is 15.7 Å². The molecule has 1 rings (SSSR count). The lowest BCUT2D eigenvalue weighted by atomic mass is 10.2. The van der Waals surface area contributed by atoms with Crippen LogP contribution in [0.2, 0.25) is 5.02 Å². The molecule has 0 aromatic heterocycles. The monoisotopic (exact) mass is 270 g/mol. The number of hydrogen-bond donors (Lipinski definition) is 3. The van der Waals surface area contributed by atoms with Crippen LogP contribution in [0.3, 0.4) is 0 Å². The highest BCUT2D eigenvalue weighted by atomic mass is 35.5. The van der Waals surface area contributed by atoms with E-state index in [2.05, 4.69) is 10.6 Å². The van der Waals surface area contributed by atoms with E-state index in [9.17, 15) is 9.59 Å². The number of carbonyl (C=O) groups is 2. The number of nitrogens with one attached hydrogen (secondary N) is 2. The minimum atomic E-state index is -1.05. The number of carbonyl (C=O) groups excluding carboxylic acids is 1. The maximum atomic E-state index is 11.5. The number of carboxylic acids is 1. The van der Waals surface area contributed by atoms with Crippen molar-refractivity contribution in [1.82, 2.24) is 10.6 Å². The molecule has 98 valence electrons. The van der Waals surface area contributed by atoms with Crippen LogP contribution in [0.4, 0.5) is 4.79 Å². The molecule has 0 aliphatic rings. The lowest BCUT2D eigenvalue weighted by Gasteiger charge is -2.13. The van der Waals surface area contributed by atoms with Crippen LogP contribution in [0, 0.1) is 0 Å². The van der Waals surface area contributed by atoms with E-state index < -0.39 is 18.0 Å². The van der Waals surface area contributed by atoms with E-state index in [0.29, 0.717) is 18.0 Å². The molecule has 18 heavy (non-hydrogen) atoms. The first-order valence-corrected chi connectivity index (χ1v) is 5.92. The van der Waals surface area contributed by atoms with Crippen molar-refractivity contribution < 1.29 is 14.7 Å². The maximum absolute atomic E-state index is 11.5. The summed E-state index contributed by atoms with van der Waals surface area (Å²) < 4.78 is 0. The summed E-state index contributed by atoms with van der Waals surface area (Å²) in [5.74, 6) is -1.05. The Morgan fingerprint density at radius 1 is 1.44 bits per heavy atom. The van der Waals surface area contributed by atoms with Crippen molar-refractivity contribution in [1.29, 1.82) is 0 Å². The molecule has 6 heteroatoms. The first-order valence-electron chi connectivity index (χ1n) is 5.54. The molecular weight excluding hydrogens is 256 g/mol. The summed E-state index contributed by atoms with van der Waals surface area (Å²) in [4.78, 5) is 22.2. The minimum absolute atomic E-state index is 0.294. The molecule has 3 N–H and O–H groups in total. The zero-order valence-corrected chi connectivity index (χ0v) is 10.7. The molecule has 5 nitrogen and oxygen atoms in total. The smallest absolute Gasteiger partial charge is 0.326 e. The van der Waals surface area contributed by atoms with Crippen LogP contribution in [0.1, 0.15) is 18.9 Å². The summed E-state index contributed by atoms with van der Waals surface area (Å²) in [6, 6.07) is 5.69. The quantitative estimate of drug-likeness (QED) is 0.766. The number of benzene rings is 1. The third kappa shape index (κ3) is 4.63. The highest BCUT2D eigenvalue weighted by Gasteiger charge is 2.16. The fourth-order valence-electron chi connectivity index (χ4n) is 1.38. The van der Waals surface area contributed by atoms with Crippen molar-refractivity contribution in [2.45, 2.75) is 25.9 Å². The van der Waals surface area contributed by atoms with Crippen molar-refractivity contribution >= 4 is 23.6 Å². The molecule has 1 atom stereocenters. The number of amides is 2. The van der Waals surface area contributed by atoms with Gasteiger partial charge in [0.15, 0.2) is 0 Å². The predicted octanol–water partition coefficient (Wildman–Crippen LogP) is 2.00. The maximum Gasteiger partial charge on any atom is 0.326 e. The molecule has 0 saturated heterocycles. The molecule has 1 aromatic rings. The Morgan fingerprint density at radius 2 is 2.17 bits per heavy atom. The topological polar surface area (TPSA) is 78.4 Å². The number of rotatable bonds is 5. The number of urea groups is 1. The van der Waals surface area contributed by atoms with Gasteiger partial charge in [-0.3, -0.25) is 0 Å². The average Bonchev–Trinajstić information content (AvgIpc) is 2.33.